The average Bonchev–Trinajstić information content (AvgIpc) is 2.81. The van der Waals surface area contributed by atoms with Crippen LogP contribution in [0.3, 0.4) is 0 Å². The van der Waals surface area contributed by atoms with Crippen molar-refractivity contribution in [2.75, 3.05) is 12.3 Å². The Bertz CT molecular complexity index is 575. The number of pyridine rings is 1. The van der Waals surface area contributed by atoms with Crippen LogP contribution < -0.4 is 0 Å². The number of aryl methyl sites for hydroxylation is 1. The maximum atomic E-state index is 12.2. The van der Waals surface area contributed by atoms with Crippen molar-refractivity contribution in [1.29, 1.82) is 0 Å². The van der Waals surface area contributed by atoms with Crippen LogP contribution in [0.5, 0.6) is 0 Å². The second kappa shape index (κ2) is 5.86. The standard InChI is InChI=1S/C12H16N2O5S/c15-10-7-11(12(16)17)14(8-10)20(18,19)6-4-9-3-1-2-5-13-9/h1-3,5,10-11,15H,4,6-8H2,(H,16,17). The van der Waals surface area contributed by atoms with E-state index in [4.69, 9.17) is 5.11 Å². The van der Waals surface area contributed by atoms with E-state index in [1.165, 1.54) is 0 Å². The Hall–Kier alpha value is -1.51. The molecule has 8 heteroatoms. The zero-order valence-corrected chi connectivity index (χ0v) is 11.5. The van der Waals surface area contributed by atoms with E-state index >= 15 is 0 Å². The van der Waals surface area contributed by atoms with Crippen LogP contribution in [-0.4, -0.2) is 58.3 Å². The van der Waals surface area contributed by atoms with Crippen LogP contribution in [-0.2, 0) is 21.2 Å². The molecular weight excluding hydrogens is 284 g/mol. The fraction of sp³-hybridized carbons (Fsp3) is 0.500. The van der Waals surface area contributed by atoms with Gasteiger partial charge in [0.05, 0.1) is 11.9 Å². The van der Waals surface area contributed by atoms with Gasteiger partial charge in [-0.25, -0.2) is 8.42 Å². The summed E-state index contributed by atoms with van der Waals surface area (Å²) in [5.74, 6) is -1.46. The van der Waals surface area contributed by atoms with Crippen molar-refractivity contribution < 1.29 is 23.4 Å². The molecule has 1 aliphatic rings. The minimum absolute atomic E-state index is 0.0713. The summed E-state index contributed by atoms with van der Waals surface area (Å²) in [7, 11) is -3.73. The van der Waals surface area contributed by atoms with Gasteiger partial charge in [0, 0.05) is 31.3 Å². The SMILES string of the molecule is O=C(O)C1CC(O)CN1S(=O)(=O)CCc1ccccn1. The van der Waals surface area contributed by atoms with Crippen molar-refractivity contribution in [3.05, 3.63) is 30.1 Å². The molecule has 0 aromatic carbocycles. The third-order valence-corrected chi connectivity index (χ3v) is 5.06. The van der Waals surface area contributed by atoms with Crippen molar-refractivity contribution in [3.63, 3.8) is 0 Å². The summed E-state index contributed by atoms with van der Waals surface area (Å²) in [5.41, 5.74) is 0.627. The second-order valence-electron chi connectivity index (χ2n) is 4.70. The number of sulfonamides is 1. The van der Waals surface area contributed by atoms with Gasteiger partial charge in [0.2, 0.25) is 10.0 Å². The number of carboxylic acids is 1. The smallest absolute Gasteiger partial charge is 0.322 e. The summed E-state index contributed by atoms with van der Waals surface area (Å²) in [6.07, 6.45) is 0.780. The highest BCUT2D eigenvalue weighted by molar-refractivity contribution is 7.89. The van der Waals surface area contributed by atoms with Gasteiger partial charge in [-0.15, -0.1) is 0 Å². The summed E-state index contributed by atoms with van der Waals surface area (Å²) in [4.78, 5) is 15.1. The highest BCUT2D eigenvalue weighted by Gasteiger charge is 2.42. The van der Waals surface area contributed by atoms with E-state index in [9.17, 15) is 18.3 Å². The van der Waals surface area contributed by atoms with Gasteiger partial charge in [-0.3, -0.25) is 9.78 Å². The van der Waals surface area contributed by atoms with E-state index in [0.717, 1.165) is 4.31 Å². The van der Waals surface area contributed by atoms with Gasteiger partial charge in [-0.05, 0) is 12.1 Å². The minimum Gasteiger partial charge on any atom is -0.480 e. The van der Waals surface area contributed by atoms with Crippen molar-refractivity contribution in [1.82, 2.24) is 9.29 Å². The average molecular weight is 300 g/mol. The van der Waals surface area contributed by atoms with E-state index < -0.39 is 28.1 Å². The number of rotatable bonds is 5. The van der Waals surface area contributed by atoms with Gasteiger partial charge in [0.1, 0.15) is 6.04 Å². The molecule has 20 heavy (non-hydrogen) atoms. The zero-order valence-electron chi connectivity index (χ0n) is 10.7. The van der Waals surface area contributed by atoms with Crippen molar-refractivity contribution >= 4 is 16.0 Å². The maximum Gasteiger partial charge on any atom is 0.322 e. The summed E-state index contributed by atoms with van der Waals surface area (Å²) in [5, 5.41) is 18.5. The van der Waals surface area contributed by atoms with Crippen LogP contribution in [0.4, 0.5) is 0 Å². The number of carboxylic acid groups (broad SMARTS) is 1. The third-order valence-electron chi connectivity index (χ3n) is 3.22. The highest BCUT2D eigenvalue weighted by Crippen LogP contribution is 2.22. The fourth-order valence-corrected chi connectivity index (χ4v) is 3.88. The number of nitrogens with zero attached hydrogens (tertiary/aromatic N) is 2. The first-order valence-corrected chi connectivity index (χ1v) is 7.81. The van der Waals surface area contributed by atoms with Crippen LogP contribution in [0.2, 0.25) is 0 Å². The fourth-order valence-electron chi connectivity index (χ4n) is 2.21. The summed E-state index contributed by atoms with van der Waals surface area (Å²) in [6, 6.07) is 4.02. The van der Waals surface area contributed by atoms with Gasteiger partial charge in [0.25, 0.3) is 0 Å². The number of aliphatic carboxylic acids is 1. The Labute approximate surface area is 116 Å². The molecule has 0 bridgehead atoms. The molecule has 1 aromatic rings. The number of carbonyl (C=O) groups is 1. The number of aromatic nitrogens is 1. The number of aliphatic hydroxyl groups is 1. The highest BCUT2D eigenvalue weighted by atomic mass is 32.2. The zero-order chi connectivity index (χ0) is 14.8. The van der Waals surface area contributed by atoms with E-state index in [1.807, 2.05) is 0 Å². The number of aliphatic hydroxyl groups excluding tert-OH is 1. The van der Waals surface area contributed by atoms with Gasteiger partial charge >= 0.3 is 5.97 Å². The predicted octanol–water partition coefficient (Wildman–Crippen LogP) is -0.526. The molecule has 0 spiro atoms. The van der Waals surface area contributed by atoms with Crippen LogP contribution in [0.25, 0.3) is 0 Å². The lowest BCUT2D eigenvalue weighted by atomic mass is 10.2. The molecule has 2 rings (SSSR count). The molecule has 0 saturated carbocycles. The normalized spacial score (nSPS) is 23.9. The molecule has 110 valence electrons. The van der Waals surface area contributed by atoms with Crippen molar-refractivity contribution in [2.45, 2.75) is 25.0 Å². The summed E-state index contributed by atoms with van der Waals surface area (Å²) < 4.78 is 25.3. The molecule has 0 radical (unpaired) electrons. The molecule has 1 fully saturated rings. The summed E-state index contributed by atoms with van der Waals surface area (Å²) in [6.45, 7) is -0.165. The molecule has 0 amide bonds. The molecule has 2 N–H and O–H groups in total. The van der Waals surface area contributed by atoms with Crippen LogP contribution in [0.1, 0.15) is 12.1 Å². The largest absolute Gasteiger partial charge is 0.480 e. The Morgan fingerprint density at radius 3 is 2.80 bits per heavy atom. The van der Waals surface area contributed by atoms with Gasteiger partial charge in [-0.1, -0.05) is 6.07 Å². The molecule has 2 atom stereocenters. The van der Waals surface area contributed by atoms with E-state index in [1.54, 1.807) is 24.4 Å². The van der Waals surface area contributed by atoms with E-state index in [-0.39, 0.29) is 25.1 Å². The van der Waals surface area contributed by atoms with E-state index in [0.29, 0.717) is 5.69 Å². The predicted molar refractivity (Wildman–Crippen MR) is 70.5 cm³/mol. The lowest BCUT2D eigenvalue weighted by molar-refractivity contribution is -0.140. The molecule has 2 unspecified atom stereocenters. The van der Waals surface area contributed by atoms with Crippen LogP contribution in [0.15, 0.2) is 24.4 Å². The molecule has 2 heterocycles. The number of β-amino-alcohol motifs (C(OH)–C–C–N with tert-alkyl or cyclic N) is 1. The molecule has 1 aromatic heterocycles. The first kappa shape index (κ1) is 14.9. The minimum atomic E-state index is -3.73. The van der Waals surface area contributed by atoms with Gasteiger partial charge in [0.15, 0.2) is 0 Å². The maximum absolute atomic E-state index is 12.2. The summed E-state index contributed by atoms with van der Waals surface area (Å²) >= 11 is 0. The molecular formula is C12H16N2O5S. The Kier molecular flexibility index (Phi) is 4.36. The lowest BCUT2D eigenvalue weighted by Gasteiger charge is -2.20. The van der Waals surface area contributed by atoms with Crippen LogP contribution in [0, 0.1) is 0 Å². The topological polar surface area (TPSA) is 108 Å². The molecule has 7 nitrogen and oxygen atoms in total. The first-order valence-electron chi connectivity index (χ1n) is 6.20. The first-order chi connectivity index (χ1) is 9.40. The van der Waals surface area contributed by atoms with Crippen LogP contribution >= 0.6 is 0 Å². The number of hydrogen-bond acceptors (Lipinski definition) is 5. The Balaban J connectivity index is 2.08. The third kappa shape index (κ3) is 3.33. The Morgan fingerprint density at radius 1 is 1.45 bits per heavy atom. The molecule has 0 aliphatic carbocycles. The molecule has 1 aliphatic heterocycles. The number of hydrogen-bond donors (Lipinski definition) is 2. The van der Waals surface area contributed by atoms with Crippen molar-refractivity contribution in [2.24, 2.45) is 0 Å². The lowest BCUT2D eigenvalue weighted by Crippen LogP contribution is -2.42. The monoisotopic (exact) mass is 300 g/mol. The molecule has 1 saturated heterocycles. The quantitative estimate of drug-likeness (QED) is 0.757. The van der Waals surface area contributed by atoms with Gasteiger partial charge < -0.3 is 10.2 Å². The van der Waals surface area contributed by atoms with Gasteiger partial charge in [-0.2, -0.15) is 4.31 Å². The van der Waals surface area contributed by atoms with Crippen molar-refractivity contribution in [3.8, 4) is 0 Å². The second-order valence-corrected chi connectivity index (χ2v) is 6.74. The van der Waals surface area contributed by atoms with E-state index in [2.05, 4.69) is 4.98 Å². The Morgan fingerprint density at radius 2 is 2.20 bits per heavy atom.